The number of cyclic esters (lactones) is 1. The predicted octanol–water partition coefficient (Wildman–Crippen LogP) is 1.18. The molecule has 3 aliphatic rings. The fourth-order valence-corrected chi connectivity index (χ4v) is 2.86. The Kier molecular flexibility index (Phi) is 1.84. The van der Waals surface area contributed by atoms with Gasteiger partial charge in [0.15, 0.2) is 0 Å². The van der Waals surface area contributed by atoms with Crippen molar-refractivity contribution in [3.05, 3.63) is 12.2 Å². The molecule has 1 saturated carbocycles. The van der Waals surface area contributed by atoms with Crippen LogP contribution in [0.1, 0.15) is 12.8 Å². The van der Waals surface area contributed by atoms with Crippen LogP contribution in [0.2, 0.25) is 0 Å². The van der Waals surface area contributed by atoms with Gasteiger partial charge in [-0.15, -0.1) is 0 Å². The standard InChI is InChI=1S/C11H13NO3/c13-10(12-3-4-15-11(12)14)9-6-7-1-2-8(9)5-7/h1-2,7-9H,3-6H2/t7-,8-,9-/m1/s1. The van der Waals surface area contributed by atoms with Gasteiger partial charge in [0, 0.05) is 5.92 Å². The summed E-state index contributed by atoms with van der Waals surface area (Å²) in [6.07, 6.45) is 5.84. The minimum absolute atomic E-state index is 0.0191. The first-order valence-corrected chi connectivity index (χ1v) is 5.42. The maximum absolute atomic E-state index is 12.0. The van der Waals surface area contributed by atoms with Gasteiger partial charge in [0.25, 0.3) is 0 Å². The number of amides is 2. The summed E-state index contributed by atoms with van der Waals surface area (Å²) in [5.41, 5.74) is 0. The first-order valence-electron chi connectivity index (χ1n) is 5.42. The Bertz CT molecular complexity index is 350. The van der Waals surface area contributed by atoms with Gasteiger partial charge < -0.3 is 4.74 Å². The van der Waals surface area contributed by atoms with Crippen LogP contribution in [-0.2, 0) is 9.53 Å². The molecule has 3 rings (SSSR count). The van der Waals surface area contributed by atoms with Crippen LogP contribution in [0.25, 0.3) is 0 Å². The molecule has 0 radical (unpaired) electrons. The van der Waals surface area contributed by atoms with E-state index in [9.17, 15) is 9.59 Å². The van der Waals surface area contributed by atoms with Gasteiger partial charge in [0.2, 0.25) is 5.91 Å². The topological polar surface area (TPSA) is 46.6 Å². The highest BCUT2D eigenvalue weighted by Gasteiger charge is 2.43. The minimum atomic E-state index is -0.466. The number of carbonyl (C=O) groups is 2. The molecule has 2 aliphatic carbocycles. The monoisotopic (exact) mass is 207 g/mol. The quantitative estimate of drug-likeness (QED) is 0.606. The second-order valence-corrected chi connectivity index (χ2v) is 4.49. The van der Waals surface area contributed by atoms with Crippen LogP contribution < -0.4 is 0 Å². The fourth-order valence-electron chi connectivity index (χ4n) is 2.86. The molecule has 15 heavy (non-hydrogen) atoms. The number of carbonyl (C=O) groups excluding carboxylic acids is 2. The summed E-state index contributed by atoms with van der Waals surface area (Å²) in [5, 5.41) is 0. The Balaban J connectivity index is 1.75. The number of fused-ring (bicyclic) bond motifs is 2. The summed E-state index contributed by atoms with van der Waals surface area (Å²) >= 11 is 0. The third kappa shape index (κ3) is 1.28. The maximum atomic E-state index is 12.0. The van der Waals surface area contributed by atoms with Crippen LogP contribution in [0.3, 0.4) is 0 Å². The molecule has 1 saturated heterocycles. The highest BCUT2D eigenvalue weighted by atomic mass is 16.6. The molecule has 0 spiro atoms. The Morgan fingerprint density at radius 3 is 2.80 bits per heavy atom. The summed E-state index contributed by atoms with van der Waals surface area (Å²) in [5.74, 6) is 0.901. The van der Waals surface area contributed by atoms with Crippen molar-refractivity contribution >= 4 is 12.0 Å². The van der Waals surface area contributed by atoms with Gasteiger partial charge in [0.05, 0.1) is 6.54 Å². The van der Waals surface area contributed by atoms with Crippen molar-refractivity contribution in [1.82, 2.24) is 4.90 Å². The average molecular weight is 207 g/mol. The van der Waals surface area contributed by atoms with E-state index >= 15 is 0 Å². The first-order chi connectivity index (χ1) is 7.25. The van der Waals surface area contributed by atoms with Gasteiger partial charge in [-0.25, -0.2) is 9.69 Å². The Morgan fingerprint density at radius 2 is 2.27 bits per heavy atom. The molecule has 80 valence electrons. The predicted molar refractivity (Wildman–Crippen MR) is 51.9 cm³/mol. The molecule has 1 heterocycles. The highest BCUT2D eigenvalue weighted by Crippen LogP contribution is 2.44. The molecule has 0 N–H and O–H groups in total. The lowest BCUT2D eigenvalue weighted by molar-refractivity contribution is -0.132. The SMILES string of the molecule is O=C1OCCN1C(=O)[C@@H]1C[C@@H]2C=C[C@@H]1C2. The van der Waals surface area contributed by atoms with Crippen molar-refractivity contribution in [1.29, 1.82) is 0 Å². The second kappa shape index (κ2) is 3.08. The van der Waals surface area contributed by atoms with Crippen molar-refractivity contribution in [2.75, 3.05) is 13.2 Å². The number of hydrogen-bond donors (Lipinski definition) is 0. The van der Waals surface area contributed by atoms with Crippen molar-refractivity contribution in [3.8, 4) is 0 Å². The molecule has 4 nitrogen and oxygen atoms in total. The zero-order valence-corrected chi connectivity index (χ0v) is 8.39. The molecule has 0 aromatic heterocycles. The van der Waals surface area contributed by atoms with E-state index in [-0.39, 0.29) is 11.8 Å². The molecule has 2 fully saturated rings. The Hall–Kier alpha value is -1.32. The zero-order chi connectivity index (χ0) is 10.4. The van der Waals surface area contributed by atoms with Crippen molar-refractivity contribution in [2.45, 2.75) is 12.8 Å². The summed E-state index contributed by atoms with van der Waals surface area (Å²) in [4.78, 5) is 24.5. The summed E-state index contributed by atoms with van der Waals surface area (Å²) in [6.45, 7) is 0.774. The average Bonchev–Trinajstić information content (AvgIpc) is 2.91. The lowest BCUT2D eigenvalue weighted by atomic mass is 9.92. The molecule has 1 aliphatic heterocycles. The van der Waals surface area contributed by atoms with E-state index in [4.69, 9.17) is 4.74 Å². The molecular weight excluding hydrogens is 194 g/mol. The van der Waals surface area contributed by atoms with Gasteiger partial charge in [0.1, 0.15) is 6.61 Å². The molecule has 2 bridgehead atoms. The van der Waals surface area contributed by atoms with Gasteiger partial charge in [-0.05, 0) is 24.7 Å². The van der Waals surface area contributed by atoms with Crippen LogP contribution in [0.4, 0.5) is 4.79 Å². The number of imide groups is 1. The molecular formula is C11H13NO3. The number of nitrogens with zero attached hydrogens (tertiary/aromatic N) is 1. The Morgan fingerprint density at radius 1 is 1.40 bits per heavy atom. The molecule has 2 amide bonds. The minimum Gasteiger partial charge on any atom is -0.447 e. The van der Waals surface area contributed by atoms with E-state index in [1.165, 1.54) is 4.90 Å². The van der Waals surface area contributed by atoms with E-state index in [1.807, 2.05) is 0 Å². The first kappa shape index (κ1) is 8.95. The smallest absolute Gasteiger partial charge is 0.416 e. The van der Waals surface area contributed by atoms with Crippen LogP contribution in [0.15, 0.2) is 12.2 Å². The van der Waals surface area contributed by atoms with Crippen LogP contribution in [0, 0.1) is 17.8 Å². The maximum Gasteiger partial charge on any atom is 0.416 e. The molecule has 3 atom stereocenters. The van der Waals surface area contributed by atoms with Gasteiger partial charge in [-0.2, -0.15) is 0 Å². The van der Waals surface area contributed by atoms with Gasteiger partial charge in [-0.3, -0.25) is 4.79 Å². The summed E-state index contributed by atoms with van der Waals surface area (Å²) in [6, 6.07) is 0. The third-order valence-electron chi connectivity index (χ3n) is 3.62. The largest absolute Gasteiger partial charge is 0.447 e. The van der Waals surface area contributed by atoms with Crippen LogP contribution in [0.5, 0.6) is 0 Å². The molecule has 4 heteroatoms. The van der Waals surface area contributed by atoms with Crippen molar-refractivity contribution < 1.29 is 14.3 Å². The lowest BCUT2D eigenvalue weighted by Crippen LogP contribution is -2.38. The summed E-state index contributed by atoms with van der Waals surface area (Å²) < 4.78 is 4.77. The van der Waals surface area contributed by atoms with Crippen molar-refractivity contribution in [2.24, 2.45) is 17.8 Å². The number of rotatable bonds is 1. The van der Waals surface area contributed by atoms with Crippen LogP contribution >= 0.6 is 0 Å². The number of allylic oxidation sites excluding steroid dienone is 2. The summed E-state index contributed by atoms with van der Waals surface area (Å²) in [7, 11) is 0. The van der Waals surface area contributed by atoms with E-state index < -0.39 is 6.09 Å². The number of ether oxygens (including phenoxy) is 1. The zero-order valence-electron chi connectivity index (χ0n) is 8.39. The molecule has 0 unspecified atom stereocenters. The van der Waals surface area contributed by atoms with E-state index in [0.717, 1.165) is 12.8 Å². The van der Waals surface area contributed by atoms with Crippen molar-refractivity contribution in [3.63, 3.8) is 0 Å². The highest BCUT2D eigenvalue weighted by molar-refractivity contribution is 5.94. The third-order valence-corrected chi connectivity index (χ3v) is 3.62. The van der Waals surface area contributed by atoms with Gasteiger partial charge >= 0.3 is 6.09 Å². The van der Waals surface area contributed by atoms with Crippen LogP contribution in [-0.4, -0.2) is 30.1 Å². The fraction of sp³-hybridized carbons (Fsp3) is 0.636. The van der Waals surface area contributed by atoms with E-state index in [0.29, 0.717) is 25.0 Å². The molecule has 0 aromatic carbocycles. The lowest BCUT2D eigenvalue weighted by Gasteiger charge is -2.20. The normalized spacial score (nSPS) is 37.5. The van der Waals surface area contributed by atoms with Gasteiger partial charge in [-0.1, -0.05) is 12.2 Å². The van der Waals surface area contributed by atoms with E-state index in [1.54, 1.807) is 0 Å². The van der Waals surface area contributed by atoms with E-state index in [2.05, 4.69) is 12.2 Å². The Labute approximate surface area is 87.9 Å². The second-order valence-electron chi connectivity index (χ2n) is 4.49. The number of hydrogen-bond acceptors (Lipinski definition) is 3. The molecule has 0 aromatic rings.